The molecule has 0 saturated carbocycles. The van der Waals surface area contributed by atoms with Crippen molar-refractivity contribution in [3.8, 4) is 0 Å². The number of carbonyl (C=O) groups is 2. The Morgan fingerprint density at radius 1 is 1.70 bits per heavy atom. The van der Waals surface area contributed by atoms with Crippen LogP contribution in [0.2, 0.25) is 0 Å². The highest BCUT2D eigenvalue weighted by molar-refractivity contribution is 5.97. The Morgan fingerprint density at radius 3 is 2.70 bits per heavy atom. The van der Waals surface area contributed by atoms with Crippen LogP contribution in [-0.2, 0) is 4.79 Å². The molecule has 2 N–H and O–H groups in total. The third-order valence-corrected chi connectivity index (χ3v) is 0.706. The molecule has 0 aromatic heterocycles. The largest absolute Gasteiger partial charge is 0.465 e. The van der Waals surface area contributed by atoms with Gasteiger partial charge < -0.3 is 10.1 Å². The van der Waals surface area contributed by atoms with E-state index in [4.69, 9.17) is 5.11 Å². The van der Waals surface area contributed by atoms with E-state index >= 15 is 0 Å². The van der Waals surface area contributed by atoms with Gasteiger partial charge in [0.2, 0.25) is 5.91 Å². The minimum absolute atomic E-state index is 0.00278. The van der Waals surface area contributed by atoms with Crippen LogP contribution < -0.4 is 5.32 Å². The summed E-state index contributed by atoms with van der Waals surface area (Å²) in [6.07, 6.45) is -0.00402. The minimum atomic E-state index is -1.34. The molecule has 0 bridgehead atoms. The summed E-state index contributed by atoms with van der Waals surface area (Å²) in [7, 11) is 1.51. The molecular weight excluding hydrogens is 136 g/mol. The van der Waals surface area contributed by atoms with Crippen LogP contribution in [0.5, 0.6) is 0 Å². The predicted octanol–water partition coefficient (Wildman–Crippen LogP) is -0.129. The first-order chi connectivity index (χ1) is 4.66. The van der Waals surface area contributed by atoms with E-state index in [2.05, 4.69) is 4.99 Å². The van der Waals surface area contributed by atoms with Gasteiger partial charge in [0.05, 0.1) is 6.42 Å². The number of hydrogen-bond acceptors (Lipinski definition) is 3. The van der Waals surface area contributed by atoms with Crippen molar-refractivity contribution in [1.82, 2.24) is 5.32 Å². The number of nitrogens with zero attached hydrogens (tertiary/aromatic N) is 1. The lowest BCUT2D eigenvalue weighted by atomic mass is 10.4. The van der Waals surface area contributed by atoms with Crippen molar-refractivity contribution < 1.29 is 14.7 Å². The van der Waals surface area contributed by atoms with Gasteiger partial charge in [-0.1, -0.05) is 0 Å². The Morgan fingerprint density at radius 2 is 2.30 bits per heavy atom. The van der Waals surface area contributed by atoms with Crippen LogP contribution in [0.4, 0.5) is 4.79 Å². The number of aliphatic imine (C=N–C) groups is 1. The van der Waals surface area contributed by atoms with E-state index in [9.17, 15) is 9.59 Å². The summed E-state index contributed by atoms with van der Waals surface area (Å²) >= 11 is 0. The molecule has 2 amide bonds. The fourth-order valence-corrected chi connectivity index (χ4v) is 0.344. The third-order valence-electron chi connectivity index (χ3n) is 0.706. The first-order valence-electron chi connectivity index (χ1n) is 2.60. The number of carbonyl (C=O) groups excluding carboxylic acids is 1. The van der Waals surface area contributed by atoms with Crippen molar-refractivity contribution in [1.29, 1.82) is 0 Å². The zero-order chi connectivity index (χ0) is 7.98. The Hall–Kier alpha value is -1.39. The van der Waals surface area contributed by atoms with Crippen molar-refractivity contribution in [3.63, 3.8) is 0 Å². The summed E-state index contributed by atoms with van der Waals surface area (Å²) in [6, 6.07) is 0. The Kier molecular flexibility index (Phi) is 3.86. The lowest BCUT2D eigenvalue weighted by molar-refractivity contribution is -0.119. The van der Waals surface area contributed by atoms with Crippen molar-refractivity contribution in [2.75, 3.05) is 7.05 Å². The summed E-state index contributed by atoms with van der Waals surface area (Å²) in [6.45, 7) is 0. The van der Waals surface area contributed by atoms with Crippen molar-refractivity contribution in [2.45, 2.75) is 6.42 Å². The third kappa shape index (κ3) is 4.76. The van der Waals surface area contributed by atoms with Crippen LogP contribution in [0, 0.1) is 0 Å². The molecule has 0 aliphatic carbocycles. The SMILES string of the molecule is CN=CCC(=O)NC(=O)O. The summed E-state index contributed by atoms with van der Waals surface area (Å²) in [5.74, 6) is -0.571. The first kappa shape index (κ1) is 8.61. The molecule has 5 heteroatoms. The second-order valence-electron chi connectivity index (χ2n) is 1.50. The van der Waals surface area contributed by atoms with Gasteiger partial charge in [0.15, 0.2) is 0 Å². The molecule has 0 radical (unpaired) electrons. The molecule has 0 spiro atoms. The van der Waals surface area contributed by atoms with Gasteiger partial charge in [0.1, 0.15) is 0 Å². The van der Waals surface area contributed by atoms with Gasteiger partial charge in [0.25, 0.3) is 0 Å². The van der Waals surface area contributed by atoms with Crippen molar-refractivity contribution in [3.05, 3.63) is 0 Å². The maximum Gasteiger partial charge on any atom is 0.411 e. The Balaban J connectivity index is 3.54. The summed E-state index contributed by atoms with van der Waals surface area (Å²) in [5, 5.41) is 9.67. The zero-order valence-electron chi connectivity index (χ0n) is 5.50. The number of carboxylic acid groups (broad SMARTS) is 1. The van der Waals surface area contributed by atoms with Crippen molar-refractivity contribution in [2.24, 2.45) is 4.99 Å². The molecule has 0 aliphatic heterocycles. The summed E-state index contributed by atoms with van der Waals surface area (Å²) in [4.78, 5) is 23.7. The molecule has 5 nitrogen and oxygen atoms in total. The fraction of sp³-hybridized carbons (Fsp3) is 0.400. The smallest absolute Gasteiger partial charge is 0.411 e. The quantitative estimate of drug-likeness (QED) is 0.530. The van der Waals surface area contributed by atoms with Gasteiger partial charge in [-0.15, -0.1) is 0 Å². The number of nitrogens with one attached hydrogen (secondary N) is 1. The van der Waals surface area contributed by atoms with E-state index in [1.54, 1.807) is 5.32 Å². The monoisotopic (exact) mass is 144 g/mol. The number of hydrogen-bond donors (Lipinski definition) is 2. The van der Waals surface area contributed by atoms with Gasteiger partial charge >= 0.3 is 6.09 Å². The highest BCUT2D eigenvalue weighted by Crippen LogP contribution is 1.73. The lowest BCUT2D eigenvalue weighted by Crippen LogP contribution is -2.28. The number of imide groups is 1. The maximum atomic E-state index is 10.4. The number of amides is 2. The molecule has 0 heterocycles. The molecular formula is C5H8N2O3. The van der Waals surface area contributed by atoms with Crippen LogP contribution in [-0.4, -0.2) is 30.4 Å². The van der Waals surface area contributed by atoms with Gasteiger partial charge in [-0.3, -0.25) is 10.1 Å². The van der Waals surface area contributed by atoms with E-state index in [0.717, 1.165) is 0 Å². The Bertz CT molecular complexity index is 164. The van der Waals surface area contributed by atoms with E-state index in [1.165, 1.54) is 13.3 Å². The topological polar surface area (TPSA) is 78.8 Å². The lowest BCUT2D eigenvalue weighted by Gasteiger charge is -1.92. The highest BCUT2D eigenvalue weighted by atomic mass is 16.4. The fourth-order valence-electron chi connectivity index (χ4n) is 0.344. The van der Waals surface area contributed by atoms with Gasteiger partial charge in [-0.05, 0) is 0 Å². The average Bonchev–Trinajstić information content (AvgIpc) is 1.82. The molecule has 0 rings (SSSR count). The van der Waals surface area contributed by atoms with Gasteiger partial charge in [-0.25, -0.2) is 4.79 Å². The second kappa shape index (κ2) is 4.49. The van der Waals surface area contributed by atoms with Crippen LogP contribution in [0.1, 0.15) is 6.42 Å². The van der Waals surface area contributed by atoms with Crippen LogP contribution in [0.25, 0.3) is 0 Å². The first-order valence-corrected chi connectivity index (χ1v) is 2.60. The van der Waals surface area contributed by atoms with E-state index in [1.807, 2.05) is 0 Å². The van der Waals surface area contributed by atoms with E-state index < -0.39 is 12.0 Å². The van der Waals surface area contributed by atoms with Crippen LogP contribution in [0.3, 0.4) is 0 Å². The standard InChI is InChI=1S/C5H8N2O3/c1-6-3-2-4(8)7-5(9)10/h3H,2H2,1H3,(H,7,8)(H,9,10). The summed E-state index contributed by atoms with van der Waals surface area (Å²) in [5.41, 5.74) is 0. The van der Waals surface area contributed by atoms with Gasteiger partial charge in [0, 0.05) is 13.3 Å². The molecule has 0 aliphatic rings. The molecule has 0 aromatic carbocycles. The summed E-state index contributed by atoms with van der Waals surface area (Å²) < 4.78 is 0. The van der Waals surface area contributed by atoms with Gasteiger partial charge in [-0.2, -0.15) is 0 Å². The normalized spacial score (nSPS) is 9.70. The molecule has 0 unspecified atom stereocenters. The second-order valence-corrected chi connectivity index (χ2v) is 1.50. The minimum Gasteiger partial charge on any atom is -0.465 e. The molecule has 0 atom stereocenters. The van der Waals surface area contributed by atoms with E-state index in [0.29, 0.717) is 0 Å². The van der Waals surface area contributed by atoms with E-state index in [-0.39, 0.29) is 6.42 Å². The number of rotatable bonds is 2. The maximum absolute atomic E-state index is 10.4. The average molecular weight is 144 g/mol. The highest BCUT2D eigenvalue weighted by Gasteiger charge is 2.01. The van der Waals surface area contributed by atoms with Crippen molar-refractivity contribution >= 4 is 18.2 Å². The molecule has 0 aromatic rings. The Labute approximate surface area is 57.8 Å². The molecule has 10 heavy (non-hydrogen) atoms. The zero-order valence-corrected chi connectivity index (χ0v) is 5.50. The molecule has 0 saturated heterocycles. The molecule has 56 valence electrons. The van der Waals surface area contributed by atoms with Crippen LogP contribution >= 0.6 is 0 Å². The predicted molar refractivity (Wildman–Crippen MR) is 35.2 cm³/mol. The molecule has 0 fully saturated rings. The van der Waals surface area contributed by atoms with Crippen LogP contribution in [0.15, 0.2) is 4.99 Å².